The molecule has 0 bridgehead atoms. The summed E-state index contributed by atoms with van der Waals surface area (Å²) >= 11 is 0. The van der Waals surface area contributed by atoms with Gasteiger partial charge < -0.3 is 10.2 Å². The van der Waals surface area contributed by atoms with Crippen LogP contribution in [0.4, 0.5) is 22.7 Å². The van der Waals surface area contributed by atoms with E-state index in [1.165, 1.54) is 0 Å². The Morgan fingerprint density at radius 3 is 1.17 bits per heavy atom. The van der Waals surface area contributed by atoms with Gasteiger partial charge in [0, 0.05) is 35.4 Å². The molecule has 0 saturated heterocycles. The summed E-state index contributed by atoms with van der Waals surface area (Å²) in [5.41, 5.74) is -3.60. The molecule has 4 rings (SSSR count). The van der Waals surface area contributed by atoms with Crippen molar-refractivity contribution in [2.75, 3.05) is 9.44 Å². The largest absolute Gasteiger partial charge is 0.478 e. The highest BCUT2D eigenvalue weighted by Gasteiger charge is 2.24. The number of nitro benzene ring substituents is 2. The van der Waals surface area contributed by atoms with Crippen LogP contribution in [-0.4, -0.2) is 54.6 Å². The molecule has 0 amide bonds. The number of benzene rings is 4. The van der Waals surface area contributed by atoms with E-state index in [1.54, 1.807) is 0 Å². The Morgan fingerprint density at radius 1 is 0.565 bits per heavy atom. The molecule has 0 heterocycles. The normalized spacial score (nSPS) is 11.3. The molecule has 4 N–H and O–H groups in total. The minimum atomic E-state index is -4.43. The van der Waals surface area contributed by atoms with E-state index >= 15 is 0 Å². The van der Waals surface area contributed by atoms with E-state index in [0.29, 0.717) is 0 Å². The zero-order valence-electron chi connectivity index (χ0n) is 22.7. The van der Waals surface area contributed by atoms with Crippen molar-refractivity contribution in [3.05, 3.63) is 127 Å². The first-order chi connectivity index (χ1) is 21.5. The molecule has 0 radical (unpaired) electrons. The molecule has 0 aliphatic rings. The smallest absolute Gasteiger partial charge is 0.337 e. The van der Waals surface area contributed by atoms with Crippen LogP contribution in [0.3, 0.4) is 0 Å². The van der Waals surface area contributed by atoms with Gasteiger partial charge in [-0.2, -0.15) is 0 Å². The minimum absolute atomic E-state index is 0.300. The lowest BCUT2D eigenvalue weighted by atomic mass is 9.98. The van der Waals surface area contributed by atoms with Crippen LogP contribution in [0.1, 0.15) is 36.6 Å². The van der Waals surface area contributed by atoms with Gasteiger partial charge in [0.2, 0.25) is 0 Å². The molecular weight excluding hydrogens is 652 g/mol. The monoisotopic (exact) mass is 670 g/mol. The minimum Gasteiger partial charge on any atom is -0.478 e. The fourth-order valence-corrected chi connectivity index (χ4v) is 6.13. The predicted octanol–water partition coefficient (Wildman–Crippen LogP) is 3.73. The molecule has 236 valence electrons. The number of nitro groups is 2. The number of carboxylic acid groups (broad SMARTS) is 2. The van der Waals surface area contributed by atoms with Crippen molar-refractivity contribution in [2.45, 2.75) is 9.79 Å². The summed E-state index contributed by atoms with van der Waals surface area (Å²) in [6, 6.07) is 13.3. The third-order valence-corrected chi connectivity index (χ3v) is 8.99. The Labute approximate surface area is 258 Å². The molecule has 46 heavy (non-hydrogen) atoms. The Kier molecular flexibility index (Phi) is 8.83. The van der Waals surface area contributed by atoms with Crippen molar-refractivity contribution >= 4 is 60.5 Å². The van der Waals surface area contributed by atoms with Gasteiger partial charge in [-0.15, -0.1) is 0 Å². The van der Waals surface area contributed by atoms with Crippen molar-refractivity contribution < 1.29 is 51.3 Å². The molecule has 0 aliphatic heterocycles. The van der Waals surface area contributed by atoms with E-state index in [2.05, 4.69) is 0 Å². The highest BCUT2D eigenvalue weighted by Crippen LogP contribution is 2.27. The summed E-state index contributed by atoms with van der Waals surface area (Å²) in [4.78, 5) is 56.5. The Bertz CT molecular complexity index is 2000. The molecule has 17 nitrogen and oxygen atoms in total. The summed E-state index contributed by atoms with van der Waals surface area (Å²) < 4.78 is 55.3. The first kappa shape index (κ1) is 32.7. The lowest BCUT2D eigenvalue weighted by molar-refractivity contribution is -0.385. The average Bonchev–Trinajstić information content (AvgIpc) is 3.00. The Morgan fingerprint density at radius 2 is 0.891 bits per heavy atom. The number of nitrogens with one attached hydrogen (secondary N) is 2. The van der Waals surface area contributed by atoms with Crippen molar-refractivity contribution in [1.29, 1.82) is 0 Å². The zero-order valence-corrected chi connectivity index (χ0v) is 24.3. The number of carboxylic acids is 2. The van der Waals surface area contributed by atoms with E-state index < -0.39 is 79.9 Å². The first-order valence-electron chi connectivity index (χ1n) is 12.3. The van der Waals surface area contributed by atoms with Crippen LogP contribution in [0, 0.1) is 20.2 Å². The number of sulfonamides is 2. The van der Waals surface area contributed by atoms with E-state index in [4.69, 9.17) is 0 Å². The molecule has 0 saturated carbocycles. The molecule has 0 fully saturated rings. The number of carbonyl (C=O) groups excluding carboxylic acids is 1. The van der Waals surface area contributed by atoms with Gasteiger partial charge in [-0.1, -0.05) is 0 Å². The maximum atomic E-state index is 13.2. The molecule has 19 heteroatoms. The third kappa shape index (κ3) is 6.95. The van der Waals surface area contributed by atoms with Gasteiger partial charge in [0.1, 0.15) is 0 Å². The van der Waals surface area contributed by atoms with Crippen LogP contribution in [-0.2, 0) is 20.0 Å². The molecule has 0 aromatic heterocycles. The molecule has 4 aromatic carbocycles. The maximum absolute atomic E-state index is 13.2. The van der Waals surface area contributed by atoms with E-state index in [-0.39, 0.29) is 22.5 Å². The molecule has 0 atom stereocenters. The molecule has 0 unspecified atom stereocenters. The lowest BCUT2D eigenvalue weighted by Crippen LogP contribution is -2.17. The fourth-order valence-electron chi connectivity index (χ4n) is 3.97. The highest BCUT2D eigenvalue weighted by atomic mass is 32.2. The van der Waals surface area contributed by atoms with Crippen molar-refractivity contribution in [3.63, 3.8) is 0 Å². The van der Waals surface area contributed by atoms with Gasteiger partial charge in [-0.3, -0.25) is 34.5 Å². The Balaban J connectivity index is 1.63. The van der Waals surface area contributed by atoms with Gasteiger partial charge >= 0.3 is 11.9 Å². The summed E-state index contributed by atoms with van der Waals surface area (Å²) in [5.74, 6) is -4.18. The topological polar surface area (TPSA) is 270 Å². The number of hydrogen-bond donors (Lipinski definition) is 4. The summed E-state index contributed by atoms with van der Waals surface area (Å²) in [6.45, 7) is 0. The molecule has 4 aromatic rings. The highest BCUT2D eigenvalue weighted by molar-refractivity contribution is 7.93. The van der Waals surface area contributed by atoms with Gasteiger partial charge in [-0.05, 0) is 60.7 Å². The number of rotatable bonds is 12. The van der Waals surface area contributed by atoms with Gasteiger partial charge in [0.15, 0.2) is 5.78 Å². The van der Waals surface area contributed by atoms with E-state index in [9.17, 15) is 61.7 Å². The zero-order chi connectivity index (χ0) is 34.0. The first-order valence-corrected chi connectivity index (χ1v) is 15.3. The number of carbonyl (C=O) groups is 3. The van der Waals surface area contributed by atoms with E-state index in [0.717, 1.165) is 84.9 Å². The van der Waals surface area contributed by atoms with Crippen LogP contribution in [0.15, 0.2) is 94.7 Å². The van der Waals surface area contributed by atoms with Gasteiger partial charge in [0.25, 0.3) is 31.4 Å². The third-order valence-electron chi connectivity index (χ3n) is 6.23. The average molecular weight is 671 g/mol. The molecular formula is C27H18N4O13S2. The fraction of sp³-hybridized carbons (Fsp3) is 0. The van der Waals surface area contributed by atoms with Crippen molar-refractivity contribution in [3.8, 4) is 0 Å². The number of anilines is 2. The van der Waals surface area contributed by atoms with Crippen LogP contribution >= 0.6 is 0 Å². The lowest BCUT2D eigenvalue weighted by Gasteiger charge is -2.13. The van der Waals surface area contributed by atoms with Crippen molar-refractivity contribution in [1.82, 2.24) is 0 Å². The maximum Gasteiger partial charge on any atom is 0.337 e. The second-order valence-corrected chi connectivity index (χ2v) is 12.5. The molecule has 0 spiro atoms. The van der Waals surface area contributed by atoms with Crippen molar-refractivity contribution in [2.24, 2.45) is 0 Å². The standard InChI is InChI=1S/C27H18N4O13S2/c32-25(15-1-11-23(21(13-15)26(33)34)28-45(41,42)19-7-3-17(4-8-19)30(37)38)16-2-12-24(22(14-16)27(35)36)29-46(43,44)20-9-5-18(6-10-20)31(39)40/h1-14,28-29H,(H,33,34)(H,35,36). The summed E-state index contributed by atoms with van der Waals surface area (Å²) in [5, 5.41) is 41.1. The quantitative estimate of drug-likeness (QED) is 0.0951. The number of non-ortho nitro benzene ring substituents is 2. The number of hydrogen-bond acceptors (Lipinski definition) is 11. The van der Waals surface area contributed by atoms with Crippen LogP contribution in [0.5, 0.6) is 0 Å². The number of nitrogens with zero attached hydrogens (tertiary/aromatic N) is 2. The SMILES string of the molecule is O=C(c1ccc(NS(=O)(=O)c2ccc([N+](=O)[O-])cc2)c(C(=O)O)c1)c1ccc(NS(=O)(=O)c2ccc([N+](=O)[O-])cc2)c(C(=O)O)c1. The van der Waals surface area contributed by atoms with Crippen LogP contribution in [0.25, 0.3) is 0 Å². The molecule has 0 aliphatic carbocycles. The second kappa shape index (κ2) is 12.4. The number of aromatic carboxylic acids is 2. The van der Waals surface area contributed by atoms with Crippen LogP contribution < -0.4 is 9.44 Å². The van der Waals surface area contributed by atoms with E-state index in [1.807, 2.05) is 9.44 Å². The summed E-state index contributed by atoms with van der Waals surface area (Å²) in [6.07, 6.45) is 0. The predicted molar refractivity (Wildman–Crippen MR) is 158 cm³/mol. The van der Waals surface area contributed by atoms with Gasteiger partial charge in [0.05, 0.1) is 42.1 Å². The van der Waals surface area contributed by atoms with Gasteiger partial charge in [-0.25, -0.2) is 26.4 Å². The Hall–Kier alpha value is -6.21. The number of ketones is 1. The second-order valence-electron chi connectivity index (χ2n) is 9.17. The summed E-state index contributed by atoms with van der Waals surface area (Å²) in [7, 11) is -8.86. The van der Waals surface area contributed by atoms with Crippen LogP contribution in [0.2, 0.25) is 0 Å².